The van der Waals surface area contributed by atoms with E-state index in [9.17, 15) is 0 Å². The van der Waals surface area contributed by atoms with E-state index in [2.05, 4.69) is 20.6 Å². The Morgan fingerprint density at radius 2 is 2.41 bits per heavy atom. The standard InChI is InChI=1S/C11H18N4O.ClH/c1-2-16-11-6-10(13-8-14-11)15-9-4-3-5-12-7-9;/h6,8-9,12H,2-5,7H2,1H3,(H,13,14,15);1H. The fourth-order valence-corrected chi connectivity index (χ4v) is 1.83. The Hall–Kier alpha value is -1.07. The van der Waals surface area contributed by atoms with E-state index in [4.69, 9.17) is 4.74 Å². The minimum absolute atomic E-state index is 0. The maximum absolute atomic E-state index is 5.33. The first-order valence-corrected chi connectivity index (χ1v) is 5.80. The summed E-state index contributed by atoms with van der Waals surface area (Å²) in [6.07, 6.45) is 3.92. The van der Waals surface area contributed by atoms with E-state index < -0.39 is 0 Å². The summed E-state index contributed by atoms with van der Waals surface area (Å²) in [5, 5.41) is 6.74. The summed E-state index contributed by atoms with van der Waals surface area (Å²) < 4.78 is 5.33. The van der Waals surface area contributed by atoms with Crippen molar-refractivity contribution < 1.29 is 4.74 Å². The lowest BCUT2D eigenvalue weighted by Gasteiger charge is -2.24. The third-order valence-electron chi connectivity index (χ3n) is 2.58. The smallest absolute Gasteiger partial charge is 0.218 e. The molecule has 0 aromatic carbocycles. The van der Waals surface area contributed by atoms with Gasteiger partial charge in [-0.2, -0.15) is 0 Å². The first kappa shape index (κ1) is 14.0. The Labute approximate surface area is 108 Å². The number of piperidine rings is 1. The molecule has 1 atom stereocenters. The van der Waals surface area contributed by atoms with Gasteiger partial charge in [0.1, 0.15) is 12.1 Å². The molecule has 17 heavy (non-hydrogen) atoms. The van der Waals surface area contributed by atoms with Crippen LogP contribution in [0.15, 0.2) is 12.4 Å². The van der Waals surface area contributed by atoms with Crippen molar-refractivity contribution in [3.63, 3.8) is 0 Å². The zero-order valence-electron chi connectivity index (χ0n) is 9.98. The lowest BCUT2D eigenvalue weighted by molar-refractivity contribution is 0.326. The van der Waals surface area contributed by atoms with E-state index in [1.807, 2.05) is 13.0 Å². The lowest BCUT2D eigenvalue weighted by atomic mass is 10.1. The number of hydrogen-bond donors (Lipinski definition) is 2. The quantitative estimate of drug-likeness (QED) is 0.856. The van der Waals surface area contributed by atoms with Crippen LogP contribution in [0.2, 0.25) is 0 Å². The Bertz CT molecular complexity index is 331. The molecule has 0 radical (unpaired) electrons. The van der Waals surface area contributed by atoms with Gasteiger partial charge in [-0.05, 0) is 26.3 Å². The average Bonchev–Trinajstić information content (AvgIpc) is 2.31. The number of hydrogen-bond acceptors (Lipinski definition) is 5. The summed E-state index contributed by atoms with van der Waals surface area (Å²) in [5.74, 6) is 1.47. The van der Waals surface area contributed by atoms with Crippen molar-refractivity contribution in [1.29, 1.82) is 0 Å². The fraction of sp³-hybridized carbons (Fsp3) is 0.636. The number of anilines is 1. The maximum atomic E-state index is 5.33. The van der Waals surface area contributed by atoms with Gasteiger partial charge in [-0.1, -0.05) is 0 Å². The summed E-state index contributed by atoms with van der Waals surface area (Å²) in [5.41, 5.74) is 0. The molecule has 1 aliphatic heterocycles. The third kappa shape index (κ3) is 4.36. The first-order chi connectivity index (χ1) is 7.88. The predicted molar refractivity (Wildman–Crippen MR) is 70.0 cm³/mol. The van der Waals surface area contributed by atoms with Crippen molar-refractivity contribution >= 4 is 18.2 Å². The molecule has 1 aliphatic rings. The van der Waals surface area contributed by atoms with Crippen LogP contribution in [0.25, 0.3) is 0 Å². The zero-order valence-corrected chi connectivity index (χ0v) is 10.8. The SMILES string of the molecule is CCOc1cc(NC2CCCNC2)ncn1.Cl. The molecule has 0 aliphatic carbocycles. The molecule has 0 saturated carbocycles. The van der Waals surface area contributed by atoms with Crippen LogP contribution in [0.4, 0.5) is 5.82 Å². The van der Waals surface area contributed by atoms with E-state index in [0.29, 0.717) is 18.5 Å². The van der Waals surface area contributed by atoms with Gasteiger partial charge in [0.2, 0.25) is 5.88 Å². The minimum Gasteiger partial charge on any atom is -0.478 e. The van der Waals surface area contributed by atoms with Crippen LogP contribution in [0.1, 0.15) is 19.8 Å². The number of nitrogens with zero attached hydrogens (tertiary/aromatic N) is 2. The summed E-state index contributed by atoms with van der Waals surface area (Å²) in [7, 11) is 0. The van der Waals surface area contributed by atoms with Gasteiger partial charge in [-0.3, -0.25) is 0 Å². The highest BCUT2D eigenvalue weighted by atomic mass is 35.5. The van der Waals surface area contributed by atoms with Crippen molar-refractivity contribution in [2.45, 2.75) is 25.8 Å². The molecule has 0 amide bonds. The van der Waals surface area contributed by atoms with Crippen molar-refractivity contribution in [2.75, 3.05) is 25.0 Å². The molecule has 1 fully saturated rings. The van der Waals surface area contributed by atoms with Gasteiger partial charge in [0.15, 0.2) is 0 Å². The van der Waals surface area contributed by atoms with Crippen molar-refractivity contribution in [1.82, 2.24) is 15.3 Å². The Morgan fingerprint density at radius 1 is 1.53 bits per heavy atom. The lowest BCUT2D eigenvalue weighted by Crippen LogP contribution is -2.38. The Kier molecular flexibility index (Phi) is 6.00. The molecule has 0 bridgehead atoms. The number of ether oxygens (including phenoxy) is 1. The molecular formula is C11H19ClN4O. The second-order valence-electron chi connectivity index (χ2n) is 3.86. The van der Waals surface area contributed by atoms with E-state index in [1.165, 1.54) is 19.2 Å². The van der Waals surface area contributed by atoms with Crippen molar-refractivity contribution in [3.8, 4) is 5.88 Å². The highest BCUT2D eigenvalue weighted by molar-refractivity contribution is 5.85. The second-order valence-corrected chi connectivity index (χ2v) is 3.86. The summed E-state index contributed by atoms with van der Waals surface area (Å²) in [4.78, 5) is 8.22. The van der Waals surface area contributed by atoms with Crippen LogP contribution in [0, 0.1) is 0 Å². The van der Waals surface area contributed by atoms with Crippen LogP contribution in [0.5, 0.6) is 5.88 Å². The molecule has 0 spiro atoms. The number of halogens is 1. The van der Waals surface area contributed by atoms with Gasteiger partial charge in [-0.25, -0.2) is 9.97 Å². The normalized spacial score (nSPS) is 19.2. The molecule has 2 rings (SSSR count). The summed E-state index contributed by atoms with van der Waals surface area (Å²) >= 11 is 0. The van der Waals surface area contributed by atoms with Crippen LogP contribution < -0.4 is 15.4 Å². The second kappa shape index (κ2) is 7.29. The third-order valence-corrected chi connectivity index (χ3v) is 2.58. The molecule has 1 unspecified atom stereocenters. The molecular weight excluding hydrogens is 240 g/mol. The van der Waals surface area contributed by atoms with E-state index >= 15 is 0 Å². The highest BCUT2D eigenvalue weighted by Gasteiger charge is 2.13. The molecule has 5 nitrogen and oxygen atoms in total. The molecule has 1 aromatic heterocycles. The van der Waals surface area contributed by atoms with Crippen LogP contribution in [0.3, 0.4) is 0 Å². The topological polar surface area (TPSA) is 59.1 Å². The van der Waals surface area contributed by atoms with Gasteiger partial charge in [-0.15, -0.1) is 12.4 Å². The molecule has 2 heterocycles. The van der Waals surface area contributed by atoms with Crippen molar-refractivity contribution in [2.24, 2.45) is 0 Å². The van der Waals surface area contributed by atoms with Gasteiger partial charge in [0.05, 0.1) is 6.61 Å². The average molecular weight is 259 g/mol. The maximum Gasteiger partial charge on any atom is 0.218 e. The predicted octanol–water partition coefficient (Wildman–Crippen LogP) is 1.46. The van der Waals surface area contributed by atoms with E-state index in [-0.39, 0.29) is 12.4 Å². The van der Waals surface area contributed by atoms with E-state index in [1.54, 1.807) is 0 Å². The molecule has 96 valence electrons. The Balaban J connectivity index is 0.00000144. The first-order valence-electron chi connectivity index (χ1n) is 5.80. The molecule has 1 aromatic rings. The highest BCUT2D eigenvalue weighted by Crippen LogP contribution is 2.14. The van der Waals surface area contributed by atoms with E-state index in [0.717, 1.165) is 18.9 Å². The zero-order chi connectivity index (χ0) is 11.2. The van der Waals surface area contributed by atoms with Gasteiger partial charge >= 0.3 is 0 Å². The fourth-order valence-electron chi connectivity index (χ4n) is 1.83. The minimum atomic E-state index is 0. The van der Waals surface area contributed by atoms with Crippen LogP contribution in [-0.4, -0.2) is 35.7 Å². The van der Waals surface area contributed by atoms with Gasteiger partial charge < -0.3 is 15.4 Å². The summed E-state index contributed by atoms with van der Waals surface area (Å²) in [6, 6.07) is 2.30. The van der Waals surface area contributed by atoms with Crippen molar-refractivity contribution in [3.05, 3.63) is 12.4 Å². The Morgan fingerprint density at radius 3 is 3.12 bits per heavy atom. The van der Waals surface area contributed by atoms with Gasteiger partial charge in [0.25, 0.3) is 0 Å². The summed E-state index contributed by atoms with van der Waals surface area (Å²) in [6.45, 7) is 4.68. The van der Waals surface area contributed by atoms with Crippen LogP contribution >= 0.6 is 12.4 Å². The molecule has 1 saturated heterocycles. The number of rotatable bonds is 4. The molecule has 6 heteroatoms. The monoisotopic (exact) mass is 258 g/mol. The number of nitrogens with one attached hydrogen (secondary N) is 2. The number of aromatic nitrogens is 2. The van der Waals surface area contributed by atoms with Crippen LogP contribution in [-0.2, 0) is 0 Å². The van der Waals surface area contributed by atoms with Gasteiger partial charge in [0, 0.05) is 18.7 Å². The molecule has 2 N–H and O–H groups in total. The largest absolute Gasteiger partial charge is 0.478 e.